The van der Waals surface area contributed by atoms with Gasteiger partial charge in [-0.1, -0.05) is 32.1 Å². The molecule has 1 heterocycles. The maximum atomic E-state index is 11.9. The summed E-state index contributed by atoms with van der Waals surface area (Å²) < 4.78 is 0. The molecule has 1 aromatic carbocycles. The Labute approximate surface area is 158 Å². The number of carbonyl (C=O) groups excluding carboxylic acids is 1. The van der Waals surface area contributed by atoms with Crippen molar-refractivity contribution in [3.05, 3.63) is 51.1 Å². The first-order valence-electron chi connectivity index (χ1n) is 9.09. The zero-order chi connectivity index (χ0) is 19.6. The number of nitrogens with zero attached hydrogens (tertiary/aromatic N) is 2. The van der Waals surface area contributed by atoms with E-state index in [0.29, 0.717) is 18.7 Å². The molecule has 0 radical (unpaired) electrons. The molecule has 2 aliphatic rings. The van der Waals surface area contributed by atoms with Crippen LogP contribution in [0.25, 0.3) is 5.57 Å². The van der Waals surface area contributed by atoms with Crippen LogP contribution in [0.2, 0.25) is 0 Å². The summed E-state index contributed by atoms with van der Waals surface area (Å²) in [6.45, 7) is 5.55. The molecule has 1 amide bonds. The van der Waals surface area contributed by atoms with Crippen LogP contribution in [-0.4, -0.2) is 30.0 Å². The van der Waals surface area contributed by atoms with Gasteiger partial charge >= 0.3 is 0 Å². The molecule has 1 aliphatic carbocycles. The highest BCUT2D eigenvalue weighted by molar-refractivity contribution is 5.98. The number of nitrogens with two attached hydrogens (primary N) is 1. The number of guanidine groups is 1. The minimum Gasteiger partial charge on any atom is -0.366 e. The van der Waals surface area contributed by atoms with Crippen molar-refractivity contribution in [3.8, 4) is 0 Å². The summed E-state index contributed by atoms with van der Waals surface area (Å²) in [5.74, 6) is -0.151. The fourth-order valence-electron chi connectivity index (χ4n) is 3.58. The number of hydrogen-bond donors (Lipinski definition) is 3. The van der Waals surface area contributed by atoms with Crippen molar-refractivity contribution in [2.45, 2.75) is 39.0 Å². The van der Waals surface area contributed by atoms with Crippen molar-refractivity contribution in [3.63, 3.8) is 0 Å². The molecule has 1 fully saturated rings. The quantitative estimate of drug-likeness (QED) is 0.553. The zero-order valence-corrected chi connectivity index (χ0v) is 15.6. The predicted molar refractivity (Wildman–Crippen MR) is 104 cm³/mol. The molecule has 8 nitrogen and oxygen atoms in total. The summed E-state index contributed by atoms with van der Waals surface area (Å²) >= 11 is 0. The predicted octanol–water partition coefficient (Wildman–Crippen LogP) is 2.20. The van der Waals surface area contributed by atoms with Gasteiger partial charge in [0.05, 0.1) is 0 Å². The van der Waals surface area contributed by atoms with E-state index in [1.807, 2.05) is 12.1 Å². The topological polar surface area (TPSA) is 123 Å². The minimum atomic E-state index is -0.730. The Morgan fingerprint density at radius 2 is 2.04 bits per heavy atom. The van der Waals surface area contributed by atoms with Crippen molar-refractivity contribution in [1.82, 2.24) is 10.6 Å². The average molecular weight is 371 g/mol. The lowest BCUT2D eigenvalue weighted by Gasteiger charge is -2.30. The number of nitrogens with one attached hydrogen (secondary N) is 2. The van der Waals surface area contributed by atoms with E-state index in [9.17, 15) is 14.9 Å². The first-order valence-corrected chi connectivity index (χ1v) is 9.09. The van der Waals surface area contributed by atoms with Crippen LogP contribution in [0.15, 0.2) is 29.4 Å². The second kappa shape index (κ2) is 7.38. The van der Waals surface area contributed by atoms with Crippen LogP contribution >= 0.6 is 0 Å². The number of amides is 1. The Bertz CT molecular complexity index is 819. The molecule has 0 aromatic heterocycles. The van der Waals surface area contributed by atoms with E-state index < -0.39 is 10.9 Å². The summed E-state index contributed by atoms with van der Waals surface area (Å²) in [6, 6.07) is 5.72. The molecule has 8 heteroatoms. The van der Waals surface area contributed by atoms with Gasteiger partial charge in [-0.25, -0.2) is 10.1 Å². The SMILES string of the molecule is CC1(C)CC=C(c2cc(C3CNC(=N[N+](=O)[O-])NC3)ccc2C(N)=O)CC1. The van der Waals surface area contributed by atoms with E-state index in [4.69, 9.17) is 5.73 Å². The Morgan fingerprint density at radius 1 is 1.33 bits per heavy atom. The van der Waals surface area contributed by atoms with Crippen LogP contribution in [0.5, 0.6) is 0 Å². The summed E-state index contributed by atoms with van der Waals surface area (Å²) in [7, 11) is 0. The van der Waals surface area contributed by atoms with Crippen LogP contribution < -0.4 is 16.4 Å². The van der Waals surface area contributed by atoms with Gasteiger partial charge in [0.1, 0.15) is 5.10 Å². The number of allylic oxidation sites excluding steroid dienone is 2. The van der Waals surface area contributed by atoms with Crippen molar-refractivity contribution < 1.29 is 9.83 Å². The number of primary amides is 1. The molecular formula is C19H25N5O3. The number of nitro groups is 1. The highest BCUT2D eigenvalue weighted by atomic mass is 16.7. The highest BCUT2D eigenvalue weighted by Gasteiger charge is 2.25. The monoisotopic (exact) mass is 371 g/mol. The van der Waals surface area contributed by atoms with Gasteiger partial charge in [0.25, 0.3) is 5.96 Å². The second-order valence-electron chi connectivity index (χ2n) is 7.91. The highest BCUT2D eigenvalue weighted by Crippen LogP contribution is 2.39. The normalized spacial score (nSPS) is 21.5. The van der Waals surface area contributed by atoms with E-state index in [1.165, 1.54) is 0 Å². The first-order chi connectivity index (χ1) is 12.7. The third-order valence-electron chi connectivity index (χ3n) is 5.31. The average Bonchev–Trinajstić information content (AvgIpc) is 2.61. The van der Waals surface area contributed by atoms with E-state index in [2.05, 4.69) is 35.7 Å². The maximum absolute atomic E-state index is 11.9. The van der Waals surface area contributed by atoms with Gasteiger partial charge in [0, 0.05) is 24.6 Å². The van der Waals surface area contributed by atoms with Crippen molar-refractivity contribution in [1.29, 1.82) is 0 Å². The van der Waals surface area contributed by atoms with E-state index in [-0.39, 0.29) is 17.3 Å². The third-order valence-corrected chi connectivity index (χ3v) is 5.31. The molecule has 1 aliphatic heterocycles. The molecule has 1 saturated heterocycles. The minimum absolute atomic E-state index is 0.108. The lowest BCUT2D eigenvalue weighted by Crippen LogP contribution is -2.48. The Morgan fingerprint density at radius 3 is 2.59 bits per heavy atom. The molecule has 144 valence electrons. The summed E-state index contributed by atoms with van der Waals surface area (Å²) in [4.78, 5) is 22.4. The van der Waals surface area contributed by atoms with Crippen molar-refractivity contribution >= 4 is 17.4 Å². The molecule has 3 rings (SSSR count). The van der Waals surface area contributed by atoms with Gasteiger partial charge in [-0.15, -0.1) is 0 Å². The maximum Gasteiger partial charge on any atom is 0.268 e. The van der Waals surface area contributed by atoms with Crippen LogP contribution in [0.3, 0.4) is 0 Å². The van der Waals surface area contributed by atoms with Gasteiger partial charge in [0.2, 0.25) is 5.91 Å². The Hall–Kier alpha value is -2.90. The molecule has 0 saturated carbocycles. The largest absolute Gasteiger partial charge is 0.366 e. The molecule has 27 heavy (non-hydrogen) atoms. The zero-order valence-electron chi connectivity index (χ0n) is 15.6. The van der Waals surface area contributed by atoms with Gasteiger partial charge in [-0.05, 0) is 47.4 Å². The van der Waals surface area contributed by atoms with Crippen LogP contribution in [0, 0.1) is 15.5 Å². The first kappa shape index (κ1) is 18.9. The lowest BCUT2D eigenvalue weighted by molar-refractivity contribution is -0.485. The summed E-state index contributed by atoms with van der Waals surface area (Å²) in [5, 5.41) is 18.9. The third kappa shape index (κ3) is 4.45. The molecule has 1 aromatic rings. The molecule has 0 unspecified atom stereocenters. The van der Waals surface area contributed by atoms with Crippen LogP contribution in [0.4, 0.5) is 0 Å². The standard InChI is InChI=1S/C19H25N5O3/c1-19(2)7-5-12(6-8-19)16-9-13(3-4-15(16)17(20)25)14-10-21-18(22-11-14)23-24(26)27/h3-5,9,14H,6-8,10-11H2,1-2H3,(H2,20,25)(H2,21,22,23). The molecule has 0 bridgehead atoms. The Balaban J connectivity index is 1.86. The van der Waals surface area contributed by atoms with Gasteiger partial charge in [-0.3, -0.25) is 4.79 Å². The number of hydrogen-bond acceptors (Lipinski definition) is 3. The summed E-state index contributed by atoms with van der Waals surface area (Å²) in [5.41, 5.74) is 9.54. The number of carbonyl (C=O) groups is 1. The van der Waals surface area contributed by atoms with Crippen molar-refractivity contribution in [2.24, 2.45) is 16.3 Å². The fraction of sp³-hybridized carbons (Fsp3) is 0.474. The van der Waals surface area contributed by atoms with Gasteiger partial charge in [0.15, 0.2) is 5.03 Å². The van der Waals surface area contributed by atoms with Crippen LogP contribution in [0.1, 0.15) is 60.5 Å². The number of hydrazone groups is 1. The van der Waals surface area contributed by atoms with Crippen molar-refractivity contribution in [2.75, 3.05) is 13.1 Å². The van der Waals surface area contributed by atoms with Gasteiger partial charge in [-0.2, -0.15) is 0 Å². The second-order valence-corrected chi connectivity index (χ2v) is 7.91. The lowest BCUT2D eigenvalue weighted by atomic mass is 9.76. The summed E-state index contributed by atoms with van der Waals surface area (Å²) in [6.07, 6.45) is 5.17. The smallest absolute Gasteiger partial charge is 0.268 e. The number of benzene rings is 1. The number of rotatable bonds is 4. The molecular weight excluding hydrogens is 346 g/mol. The molecule has 0 atom stereocenters. The Kier molecular flexibility index (Phi) is 5.16. The van der Waals surface area contributed by atoms with E-state index >= 15 is 0 Å². The fourth-order valence-corrected chi connectivity index (χ4v) is 3.58. The van der Waals surface area contributed by atoms with E-state index in [0.717, 1.165) is 36.0 Å². The van der Waals surface area contributed by atoms with E-state index in [1.54, 1.807) is 6.07 Å². The van der Waals surface area contributed by atoms with Gasteiger partial charge < -0.3 is 16.4 Å². The molecule has 4 N–H and O–H groups in total. The van der Waals surface area contributed by atoms with Crippen LogP contribution in [-0.2, 0) is 0 Å². The molecule has 0 spiro atoms.